The zero-order chi connectivity index (χ0) is 12.7. The fourth-order valence-corrected chi connectivity index (χ4v) is 2.28. The first-order chi connectivity index (χ1) is 8.17. The van der Waals surface area contributed by atoms with E-state index in [1.165, 1.54) is 7.11 Å². The van der Waals surface area contributed by atoms with Crippen LogP contribution in [-0.4, -0.2) is 18.9 Å². The van der Waals surface area contributed by atoms with Crippen molar-refractivity contribution in [3.63, 3.8) is 0 Å². The van der Waals surface area contributed by atoms with Gasteiger partial charge in [0.25, 0.3) is 0 Å². The van der Waals surface area contributed by atoms with Gasteiger partial charge in [0, 0.05) is 6.42 Å². The number of esters is 1. The summed E-state index contributed by atoms with van der Waals surface area (Å²) in [5.74, 6) is -0.425. The third-order valence-corrected chi connectivity index (χ3v) is 3.28. The fourth-order valence-electron chi connectivity index (χ4n) is 2.28. The number of hydrogen-bond acceptors (Lipinski definition) is 3. The molecule has 0 aliphatic heterocycles. The highest BCUT2D eigenvalue weighted by Crippen LogP contribution is 2.34. The molecule has 0 saturated heterocycles. The average molecular weight is 236 g/mol. The number of ketones is 1. The van der Waals surface area contributed by atoms with Gasteiger partial charge in [-0.1, -0.05) is 18.2 Å². The lowest BCUT2D eigenvalue weighted by Gasteiger charge is -2.27. The Morgan fingerprint density at radius 2 is 2.24 bits per heavy atom. The lowest BCUT2D eigenvalue weighted by molar-refractivity contribution is -0.158. The van der Waals surface area contributed by atoms with Crippen LogP contribution in [-0.2, 0) is 14.3 Å². The van der Waals surface area contributed by atoms with Crippen LogP contribution in [0.2, 0.25) is 0 Å². The maximum Gasteiger partial charge on any atom is 0.319 e. The minimum absolute atomic E-state index is 0.00653. The number of ether oxygens (including phenoxy) is 1. The Hall–Kier alpha value is -1.38. The van der Waals surface area contributed by atoms with E-state index in [-0.39, 0.29) is 5.78 Å². The fraction of sp³-hybridized carbons (Fsp3) is 0.571. The summed E-state index contributed by atoms with van der Waals surface area (Å²) in [5, 5.41) is 0. The Morgan fingerprint density at radius 1 is 1.53 bits per heavy atom. The molecule has 0 aromatic heterocycles. The van der Waals surface area contributed by atoms with Crippen LogP contribution in [0.15, 0.2) is 24.8 Å². The lowest BCUT2D eigenvalue weighted by Crippen LogP contribution is -2.40. The van der Waals surface area contributed by atoms with Crippen molar-refractivity contribution >= 4 is 11.8 Å². The first kappa shape index (κ1) is 13.7. The molecule has 0 aromatic carbocycles. The van der Waals surface area contributed by atoms with Gasteiger partial charge in [-0.25, -0.2) is 0 Å². The van der Waals surface area contributed by atoms with Crippen molar-refractivity contribution in [2.75, 3.05) is 7.11 Å². The number of rotatable bonds is 3. The molecule has 0 saturated carbocycles. The van der Waals surface area contributed by atoms with Crippen molar-refractivity contribution in [3.05, 3.63) is 24.8 Å². The molecule has 1 rings (SSSR count). The van der Waals surface area contributed by atoms with Gasteiger partial charge in [-0.2, -0.15) is 0 Å². The topological polar surface area (TPSA) is 43.4 Å². The Morgan fingerprint density at radius 3 is 2.88 bits per heavy atom. The Labute approximate surface area is 103 Å². The molecule has 0 amide bonds. The van der Waals surface area contributed by atoms with Crippen LogP contribution in [0.4, 0.5) is 0 Å². The number of methoxy groups -OCH3 is 1. The third-order valence-electron chi connectivity index (χ3n) is 3.28. The second kappa shape index (κ2) is 6.38. The predicted molar refractivity (Wildman–Crippen MR) is 66.5 cm³/mol. The summed E-state index contributed by atoms with van der Waals surface area (Å²) in [6, 6.07) is 0. The van der Waals surface area contributed by atoms with E-state index >= 15 is 0 Å². The van der Waals surface area contributed by atoms with Crippen LogP contribution in [0.5, 0.6) is 0 Å². The van der Waals surface area contributed by atoms with Crippen molar-refractivity contribution in [2.45, 2.75) is 38.5 Å². The van der Waals surface area contributed by atoms with Gasteiger partial charge < -0.3 is 4.74 Å². The van der Waals surface area contributed by atoms with E-state index < -0.39 is 11.4 Å². The monoisotopic (exact) mass is 236 g/mol. The van der Waals surface area contributed by atoms with Crippen LogP contribution >= 0.6 is 0 Å². The van der Waals surface area contributed by atoms with Crippen molar-refractivity contribution in [1.82, 2.24) is 0 Å². The van der Waals surface area contributed by atoms with E-state index in [1.807, 2.05) is 6.08 Å². The highest BCUT2D eigenvalue weighted by molar-refractivity contribution is 6.04. The van der Waals surface area contributed by atoms with E-state index in [0.29, 0.717) is 19.3 Å². The molecule has 0 spiro atoms. The average Bonchev–Trinajstić information content (AvgIpc) is 2.42. The van der Waals surface area contributed by atoms with Gasteiger partial charge in [0.2, 0.25) is 0 Å². The summed E-state index contributed by atoms with van der Waals surface area (Å²) in [4.78, 5) is 24.2. The van der Waals surface area contributed by atoms with Crippen molar-refractivity contribution in [3.8, 4) is 0 Å². The molecule has 1 unspecified atom stereocenters. The molecule has 0 radical (unpaired) electrons. The van der Waals surface area contributed by atoms with Gasteiger partial charge in [0.1, 0.15) is 5.41 Å². The third kappa shape index (κ3) is 3.05. The molecule has 1 atom stereocenters. The summed E-state index contributed by atoms with van der Waals surface area (Å²) in [6.07, 6.45) is 9.50. The van der Waals surface area contributed by atoms with Crippen LogP contribution in [0.1, 0.15) is 38.5 Å². The minimum Gasteiger partial charge on any atom is -0.468 e. The van der Waals surface area contributed by atoms with Crippen molar-refractivity contribution in [1.29, 1.82) is 0 Å². The zero-order valence-electron chi connectivity index (χ0n) is 10.4. The highest BCUT2D eigenvalue weighted by atomic mass is 16.5. The van der Waals surface area contributed by atoms with E-state index in [2.05, 4.69) is 12.7 Å². The Balaban J connectivity index is 3.02. The second-order valence-electron chi connectivity index (χ2n) is 4.39. The van der Waals surface area contributed by atoms with Crippen LogP contribution in [0.25, 0.3) is 0 Å². The quantitative estimate of drug-likeness (QED) is 0.430. The van der Waals surface area contributed by atoms with Crippen LogP contribution < -0.4 is 0 Å². The lowest BCUT2D eigenvalue weighted by atomic mass is 9.75. The smallest absolute Gasteiger partial charge is 0.319 e. The molecule has 3 nitrogen and oxygen atoms in total. The Kier molecular flexibility index (Phi) is 5.13. The van der Waals surface area contributed by atoms with Gasteiger partial charge in [0.15, 0.2) is 5.78 Å². The summed E-state index contributed by atoms with van der Waals surface area (Å²) in [6.45, 7) is 3.65. The maximum absolute atomic E-state index is 12.3. The number of allylic oxidation sites excluding steroid dienone is 3. The van der Waals surface area contributed by atoms with Gasteiger partial charge in [-0.05, 0) is 32.1 Å². The largest absolute Gasteiger partial charge is 0.468 e. The number of carbonyl (C=O) groups excluding carboxylic acids is 2. The number of hydrogen-bond donors (Lipinski definition) is 0. The summed E-state index contributed by atoms with van der Waals surface area (Å²) in [5.41, 5.74) is -1.01. The minimum atomic E-state index is -1.01. The molecule has 0 fully saturated rings. The second-order valence-corrected chi connectivity index (χ2v) is 4.39. The van der Waals surface area contributed by atoms with Gasteiger partial charge in [-0.15, -0.1) is 6.58 Å². The zero-order valence-corrected chi connectivity index (χ0v) is 10.4. The molecule has 1 aliphatic carbocycles. The normalized spacial score (nSPS) is 27.5. The Bertz CT molecular complexity index is 330. The first-order valence-corrected chi connectivity index (χ1v) is 6.05. The number of Topliss-reactive ketones (excluding diaryl/α,β-unsaturated/α-hetero) is 1. The molecule has 0 N–H and O–H groups in total. The SMILES string of the molecule is C=CCC1(C(=O)OC)CC/C=C\CCCC1=O. The van der Waals surface area contributed by atoms with Gasteiger partial charge in [0.05, 0.1) is 7.11 Å². The van der Waals surface area contributed by atoms with E-state index in [9.17, 15) is 9.59 Å². The van der Waals surface area contributed by atoms with Crippen molar-refractivity contribution in [2.24, 2.45) is 5.41 Å². The highest BCUT2D eigenvalue weighted by Gasteiger charge is 2.44. The van der Waals surface area contributed by atoms with Gasteiger partial charge >= 0.3 is 5.97 Å². The molecule has 0 heterocycles. The molecule has 3 heteroatoms. The summed E-state index contributed by atoms with van der Waals surface area (Å²) in [7, 11) is 1.34. The molecule has 94 valence electrons. The predicted octanol–water partition coefficient (Wildman–Crippen LogP) is 2.81. The van der Waals surface area contributed by atoms with Crippen LogP contribution in [0, 0.1) is 5.41 Å². The molecule has 1 aliphatic rings. The maximum atomic E-state index is 12.3. The molecule has 17 heavy (non-hydrogen) atoms. The molecular weight excluding hydrogens is 216 g/mol. The molecule has 0 aromatic rings. The van der Waals surface area contributed by atoms with E-state index in [0.717, 1.165) is 19.3 Å². The summed E-state index contributed by atoms with van der Waals surface area (Å²) < 4.78 is 4.82. The van der Waals surface area contributed by atoms with E-state index in [4.69, 9.17) is 4.74 Å². The van der Waals surface area contributed by atoms with Crippen molar-refractivity contribution < 1.29 is 14.3 Å². The van der Waals surface area contributed by atoms with E-state index in [1.54, 1.807) is 6.08 Å². The molecular formula is C14H20O3. The standard InChI is InChI=1S/C14H20O3/c1-3-10-14(13(16)17-2)11-8-6-4-5-7-9-12(14)15/h3-4,6H,1,5,7-11H2,2H3/b6-4-. The summed E-state index contributed by atoms with van der Waals surface area (Å²) >= 11 is 0. The first-order valence-electron chi connectivity index (χ1n) is 6.05. The van der Waals surface area contributed by atoms with Crippen LogP contribution in [0.3, 0.4) is 0 Å². The molecule has 0 bridgehead atoms. The van der Waals surface area contributed by atoms with Gasteiger partial charge in [-0.3, -0.25) is 9.59 Å². The number of carbonyl (C=O) groups is 2.